The van der Waals surface area contributed by atoms with Gasteiger partial charge in [-0.2, -0.15) is 0 Å². The lowest BCUT2D eigenvalue weighted by molar-refractivity contribution is 0.944. The Morgan fingerprint density at radius 2 is 2.19 bits per heavy atom. The summed E-state index contributed by atoms with van der Waals surface area (Å²) in [6.07, 6.45) is 4.19. The summed E-state index contributed by atoms with van der Waals surface area (Å²) >= 11 is 3.45. The van der Waals surface area contributed by atoms with Gasteiger partial charge in [0.05, 0.1) is 5.69 Å². The van der Waals surface area contributed by atoms with Gasteiger partial charge in [-0.15, -0.1) is 0 Å². The maximum Gasteiger partial charge on any atom is 0.116 e. The molecule has 0 spiro atoms. The van der Waals surface area contributed by atoms with Crippen LogP contribution in [0.25, 0.3) is 11.3 Å². The Hall–Kier alpha value is -1.26. The average molecular weight is 278 g/mol. The second kappa shape index (κ2) is 5.18. The molecule has 0 unspecified atom stereocenters. The first-order chi connectivity index (χ1) is 7.81. The average Bonchev–Trinajstić information content (AvgIpc) is 2.30. The van der Waals surface area contributed by atoms with E-state index in [-0.39, 0.29) is 0 Å². The molecule has 2 rings (SSSR count). The zero-order chi connectivity index (χ0) is 11.4. The predicted octanol–water partition coefficient (Wildman–Crippen LogP) is 2.41. The number of nitrogens with zero attached hydrogens (tertiary/aromatic N) is 2. The molecule has 0 fully saturated rings. The lowest BCUT2D eigenvalue weighted by atomic mass is 10.1. The standard InChI is InChI=1S/C12H12BrN3/c13-11-3-1-2-9(6-11)12-10(4-5-14)7-15-8-16-12/h1-3,6-8H,4-5,14H2. The number of nitrogens with two attached hydrogens (primary N) is 1. The van der Waals surface area contributed by atoms with Crippen molar-refractivity contribution in [3.63, 3.8) is 0 Å². The van der Waals surface area contributed by atoms with Gasteiger partial charge in [-0.05, 0) is 30.7 Å². The Labute approximate surface area is 103 Å². The Balaban J connectivity index is 2.46. The Bertz CT molecular complexity index is 485. The van der Waals surface area contributed by atoms with Crippen LogP contribution in [0.4, 0.5) is 0 Å². The van der Waals surface area contributed by atoms with Crippen LogP contribution in [0.2, 0.25) is 0 Å². The van der Waals surface area contributed by atoms with Gasteiger partial charge in [0.2, 0.25) is 0 Å². The number of rotatable bonds is 3. The van der Waals surface area contributed by atoms with E-state index in [0.29, 0.717) is 6.54 Å². The molecule has 1 heterocycles. The molecular weight excluding hydrogens is 266 g/mol. The van der Waals surface area contributed by atoms with Crippen LogP contribution in [0.1, 0.15) is 5.56 Å². The highest BCUT2D eigenvalue weighted by atomic mass is 79.9. The van der Waals surface area contributed by atoms with E-state index in [1.807, 2.05) is 30.5 Å². The number of halogens is 1. The molecule has 0 atom stereocenters. The molecular formula is C12H12BrN3. The SMILES string of the molecule is NCCc1cncnc1-c1cccc(Br)c1. The lowest BCUT2D eigenvalue weighted by Crippen LogP contribution is -2.05. The molecule has 4 heteroatoms. The molecule has 82 valence electrons. The van der Waals surface area contributed by atoms with Crippen molar-refractivity contribution in [2.45, 2.75) is 6.42 Å². The van der Waals surface area contributed by atoms with Gasteiger partial charge in [-0.1, -0.05) is 28.1 Å². The number of hydrogen-bond acceptors (Lipinski definition) is 3. The van der Waals surface area contributed by atoms with Crippen molar-refractivity contribution in [3.8, 4) is 11.3 Å². The van der Waals surface area contributed by atoms with Crippen LogP contribution in [0.5, 0.6) is 0 Å². The van der Waals surface area contributed by atoms with Crippen LogP contribution in [-0.4, -0.2) is 16.5 Å². The van der Waals surface area contributed by atoms with Gasteiger partial charge in [0.25, 0.3) is 0 Å². The number of aromatic nitrogens is 2. The summed E-state index contributed by atoms with van der Waals surface area (Å²) in [5.74, 6) is 0. The Morgan fingerprint density at radius 3 is 2.94 bits per heavy atom. The monoisotopic (exact) mass is 277 g/mol. The third-order valence-electron chi connectivity index (χ3n) is 2.30. The fourth-order valence-electron chi connectivity index (χ4n) is 1.59. The minimum absolute atomic E-state index is 0.606. The van der Waals surface area contributed by atoms with Crippen molar-refractivity contribution in [2.75, 3.05) is 6.54 Å². The minimum Gasteiger partial charge on any atom is -0.330 e. The molecule has 0 bridgehead atoms. The van der Waals surface area contributed by atoms with Crippen molar-refractivity contribution in [3.05, 3.63) is 46.8 Å². The van der Waals surface area contributed by atoms with E-state index >= 15 is 0 Å². The van der Waals surface area contributed by atoms with Gasteiger partial charge in [0, 0.05) is 16.2 Å². The molecule has 0 aliphatic heterocycles. The zero-order valence-electron chi connectivity index (χ0n) is 8.73. The first-order valence-electron chi connectivity index (χ1n) is 5.06. The van der Waals surface area contributed by atoms with E-state index in [9.17, 15) is 0 Å². The van der Waals surface area contributed by atoms with E-state index in [1.165, 1.54) is 0 Å². The van der Waals surface area contributed by atoms with E-state index < -0.39 is 0 Å². The molecule has 0 amide bonds. The van der Waals surface area contributed by atoms with E-state index in [4.69, 9.17) is 5.73 Å². The van der Waals surface area contributed by atoms with Crippen LogP contribution in [0.15, 0.2) is 41.3 Å². The maximum atomic E-state index is 5.57. The third-order valence-corrected chi connectivity index (χ3v) is 2.79. The van der Waals surface area contributed by atoms with Gasteiger partial charge >= 0.3 is 0 Å². The first kappa shape index (κ1) is 11.2. The topological polar surface area (TPSA) is 51.8 Å². The van der Waals surface area contributed by atoms with Gasteiger partial charge in [0.15, 0.2) is 0 Å². The predicted molar refractivity (Wildman–Crippen MR) is 67.9 cm³/mol. The van der Waals surface area contributed by atoms with Crippen LogP contribution in [0.3, 0.4) is 0 Å². The molecule has 3 nitrogen and oxygen atoms in total. The van der Waals surface area contributed by atoms with E-state index in [2.05, 4.69) is 25.9 Å². The lowest BCUT2D eigenvalue weighted by Gasteiger charge is -2.06. The second-order valence-corrected chi connectivity index (χ2v) is 4.36. The molecule has 2 N–H and O–H groups in total. The van der Waals surface area contributed by atoms with Crippen molar-refractivity contribution in [1.82, 2.24) is 9.97 Å². The molecule has 0 radical (unpaired) electrons. The van der Waals surface area contributed by atoms with Crippen molar-refractivity contribution in [1.29, 1.82) is 0 Å². The molecule has 2 aromatic rings. The Morgan fingerprint density at radius 1 is 1.31 bits per heavy atom. The van der Waals surface area contributed by atoms with Crippen molar-refractivity contribution in [2.24, 2.45) is 5.73 Å². The number of hydrogen-bond donors (Lipinski definition) is 1. The van der Waals surface area contributed by atoms with Gasteiger partial charge < -0.3 is 5.73 Å². The summed E-state index contributed by atoms with van der Waals surface area (Å²) < 4.78 is 1.04. The normalized spacial score (nSPS) is 10.4. The second-order valence-electron chi connectivity index (χ2n) is 3.45. The summed E-state index contributed by atoms with van der Waals surface area (Å²) in [7, 11) is 0. The highest BCUT2D eigenvalue weighted by Gasteiger charge is 2.06. The van der Waals surface area contributed by atoms with Gasteiger partial charge in [-0.25, -0.2) is 9.97 Å². The zero-order valence-corrected chi connectivity index (χ0v) is 10.3. The summed E-state index contributed by atoms with van der Waals surface area (Å²) in [6.45, 7) is 0.606. The highest BCUT2D eigenvalue weighted by molar-refractivity contribution is 9.10. The third kappa shape index (κ3) is 2.46. The fourth-order valence-corrected chi connectivity index (χ4v) is 1.99. The van der Waals surface area contributed by atoms with Crippen LogP contribution in [-0.2, 0) is 6.42 Å². The highest BCUT2D eigenvalue weighted by Crippen LogP contribution is 2.23. The molecule has 0 saturated carbocycles. The summed E-state index contributed by atoms with van der Waals surface area (Å²) in [4.78, 5) is 8.35. The molecule has 1 aromatic heterocycles. The Kier molecular flexibility index (Phi) is 3.64. The van der Waals surface area contributed by atoms with Crippen LogP contribution >= 0.6 is 15.9 Å². The summed E-state index contributed by atoms with van der Waals surface area (Å²) in [6, 6.07) is 8.07. The van der Waals surface area contributed by atoms with E-state index in [1.54, 1.807) is 6.33 Å². The van der Waals surface area contributed by atoms with Crippen molar-refractivity contribution >= 4 is 15.9 Å². The number of benzene rings is 1. The molecule has 1 aromatic carbocycles. The first-order valence-corrected chi connectivity index (χ1v) is 5.85. The van der Waals surface area contributed by atoms with Crippen LogP contribution in [0, 0.1) is 0 Å². The van der Waals surface area contributed by atoms with Crippen molar-refractivity contribution < 1.29 is 0 Å². The molecule has 0 aliphatic rings. The molecule has 16 heavy (non-hydrogen) atoms. The summed E-state index contributed by atoms with van der Waals surface area (Å²) in [5, 5.41) is 0. The van der Waals surface area contributed by atoms with E-state index in [0.717, 1.165) is 27.7 Å². The fraction of sp³-hybridized carbons (Fsp3) is 0.167. The van der Waals surface area contributed by atoms with Gasteiger partial charge in [0.1, 0.15) is 6.33 Å². The summed E-state index contributed by atoms with van der Waals surface area (Å²) in [5.41, 5.74) is 8.70. The van der Waals surface area contributed by atoms with Crippen LogP contribution < -0.4 is 5.73 Å². The minimum atomic E-state index is 0.606. The maximum absolute atomic E-state index is 5.57. The largest absolute Gasteiger partial charge is 0.330 e. The smallest absolute Gasteiger partial charge is 0.116 e. The molecule has 0 saturated heterocycles. The molecule has 0 aliphatic carbocycles. The van der Waals surface area contributed by atoms with Gasteiger partial charge in [-0.3, -0.25) is 0 Å². The quantitative estimate of drug-likeness (QED) is 0.938.